The summed E-state index contributed by atoms with van der Waals surface area (Å²) in [6.07, 6.45) is 0.199. The van der Waals surface area contributed by atoms with Gasteiger partial charge in [0.1, 0.15) is 5.75 Å². The second-order valence-corrected chi connectivity index (χ2v) is 6.41. The summed E-state index contributed by atoms with van der Waals surface area (Å²) in [4.78, 5) is 26.2. The zero-order chi connectivity index (χ0) is 19.3. The number of benzene rings is 2. The average Bonchev–Trinajstić information content (AvgIpc) is 2.57. The van der Waals surface area contributed by atoms with Crippen molar-refractivity contribution in [1.82, 2.24) is 0 Å². The van der Waals surface area contributed by atoms with E-state index < -0.39 is 0 Å². The Labute approximate surface area is 155 Å². The van der Waals surface area contributed by atoms with Crippen molar-refractivity contribution in [1.29, 1.82) is 0 Å². The van der Waals surface area contributed by atoms with E-state index in [2.05, 4.69) is 5.32 Å². The van der Waals surface area contributed by atoms with Gasteiger partial charge in [0.15, 0.2) is 0 Å². The number of para-hydroxylation sites is 1. The lowest BCUT2D eigenvalue weighted by atomic mass is 10.1. The number of anilines is 2. The molecule has 0 aromatic heterocycles. The van der Waals surface area contributed by atoms with E-state index in [1.54, 1.807) is 12.0 Å². The summed E-state index contributed by atoms with van der Waals surface area (Å²) in [7, 11) is 1.57. The van der Waals surface area contributed by atoms with Crippen molar-refractivity contribution in [2.75, 3.05) is 23.9 Å². The van der Waals surface area contributed by atoms with Gasteiger partial charge in [-0.25, -0.2) is 0 Å². The van der Waals surface area contributed by atoms with Crippen LogP contribution in [0.15, 0.2) is 36.4 Å². The molecule has 0 aliphatic rings. The predicted molar refractivity (Wildman–Crippen MR) is 105 cm³/mol. The molecule has 1 N–H and O–H groups in total. The normalized spacial score (nSPS) is 10.3. The van der Waals surface area contributed by atoms with Crippen molar-refractivity contribution in [2.45, 2.75) is 34.1 Å². The van der Waals surface area contributed by atoms with E-state index >= 15 is 0 Å². The van der Waals surface area contributed by atoms with Gasteiger partial charge in [-0.15, -0.1) is 0 Å². The molecular weight excluding hydrogens is 328 g/mol. The average molecular weight is 354 g/mol. The molecule has 138 valence electrons. The van der Waals surface area contributed by atoms with E-state index in [4.69, 9.17) is 4.74 Å². The van der Waals surface area contributed by atoms with Gasteiger partial charge in [-0.2, -0.15) is 0 Å². The summed E-state index contributed by atoms with van der Waals surface area (Å²) in [5.74, 6) is 0.372. The van der Waals surface area contributed by atoms with Gasteiger partial charge in [0, 0.05) is 25.6 Å². The number of aryl methyl sites for hydroxylation is 3. The van der Waals surface area contributed by atoms with Crippen molar-refractivity contribution in [3.63, 3.8) is 0 Å². The minimum Gasteiger partial charge on any atom is -0.495 e. The van der Waals surface area contributed by atoms with Crippen LogP contribution in [-0.2, 0) is 9.59 Å². The van der Waals surface area contributed by atoms with Gasteiger partial charge >= 0.3 is 0 Å². The molecule has 0 saturated carbocycles. The number of amides is 2. The molecule has 2 aromatic rings. The molecule has 0 radical (unpaired) electrons. The van der Waals surface area contributed by atoms with Crippen molar-refractivity contribution in [3.05, 3.63) is 53.1 Å². The minimum absolute atomic E-state index is 0.0802. The number of nitrogens with one attached hydrogen (secondary N) is 1. The fourth-order valence-corrected chi connectivity index (χ4v) is 3.00. The number of hydrogen-bond donors (Lipinski definition) is 1. The van der Waals surface area contributed by atoms with Gasteiger partial charge in [0.05, 0.1) is 12.8 Å². The molecule has 2 rings (SSSR count). The first-order valence-electron chi connectivity index (χ1n) is 8.62. The molecular formula is C21H26N2O3. The van der Waals surface area contributed by atoms with E-state index in [-0.39, 0.29) is 18.2 Å². The molecule has 5 heteroatoms. The summed E-state index contributed by atoms with van der Waals surface area (Å²) in [6, 6.07) is 11.5. The van der Waals surface area contributed by atoms with Gasteiger partial charge < -0.3 is 15.0 Å². The third-order valence-corrected chi connectivity index (χ3v) is 4.28. The highest BCUT2D eigenvalue weighted by Crippen LogP contribution is 2.27. The minimum atomic E-state index is -0.161. The number of methoxy groups -OCH3 is 1. The van der Waals surface area contributed by atoms with Crippen LogP contribution in [0.4, 0.5) is 11.4 Å². The van der Waals surface area contributed by atoms with Crippen molar-refractivity contribution >= 4 is 23.2 Å². The van der Waals surface area contributed by atoms with Crippen LogP contribution >= 0.6 is 0 Å². The Bertz CT molecular complexity index is 795. The van der Waals surface area contributed by atoms with Crippen LogP contribution in [0.1, 0.15) is 30.0 Å². The highest BCUT2D eigenvalue weighted by Gasteiger charge is 2.18. The smallest absolute Gasteiger partial charge is 0.226 e. The molecule has 2 aromatic carbocycles. The number of nitrogens with zero attached hydrogens (tertiary/aromatic N) is 1. The van der Waals surface area contributed by atoms with E-state index in [9.17, 15) is 9.59 Å². The van der Waals surface area contributed by atoms with E-state index in [0.29, 0.717) is 18.0 Å². The Morgan fingerprint density at radius 1 is 1.08 bits per heavy atom. The quantitative estimate of drug-likeness (QED) is 0.853. The van der Waals surface area contributed by atoms with Gasteiger partial charge in [-0.1, -0.05) is 24.3 Å². The fourth-order valence-electron chi connectivity index (χ4n) is 3.00. The van der Waals surface area contributed by atoms with Crippen LogP contribution in [0.5, 0.6) is 5.75 Å². The SMILES string of the molecule is COc1ccc(C)cc1NC(=O)CCN(C(C)=O)c1c(C)cccc1C. The third-order valence-electron chi connectivity index (χ3n) is 4.28. The Kier molecular flexibility index (Phi) is 6.39. The van der Waals surface area contributed by atoms with Crippen LogP contribution < -0.4 is 15.0 Å². The number of ether oxygens (including phenoxy) is 1. The summed E-state index contributed by atoms with van der Waals surface area (Å²) in [5, 5.41) is 2.88. The van der Waals surface area contributed by atoms with Gasteiger partial charge in [-0.3, -0.25) is 9.59 Å². The monoisotopic (exact) mass is 354 g/mol. The first-order chi connectivity index (χ1) is 12.3. The van der Waals surface area contributed by atoms with Crippen molar-refractivity contribution in [3.8, 4) is 5.75 Å². The van der Waals surface area contributed by atoms with Crippen LogP contribution in [0.3, 0.4) is 0 Å². The fraction of sp³-hybridized carbons (Fsp3) is 0.333. The summed E-state index contributed by atoms with van der Waals surface area (Å²) >= 11 is 0. The molecule has 2 amide bonds. The highest BCUT2D eigenvalue weighted by atomic mass is 16.5. The number of carbonyl (C=O) groups excluding carboxylic acids is 2. The molecule has 0 atom stereocenters. The highest BCUT2D eigenvalue weighted by molar-refractivity contribution is 5.96. The third kappa shape index (κ3) is 4.63. The van der Waals surface area contributed by atoms with Gasteiger partial charge in [0.2, 0.25) is 11.8 Å². The van der Waals surface area contributed by atoms with E-state index in [0.717, 1.165) is 22.4 Å². The number of rotatable bonds is 6. The summed E-state index contributed by atoms with van der Waals surface area (Å²) in [5.41, 5.74) is 4.57. The van der Waals surface area contributed by atoms with Gasteiger partial charge in [-0.05, 0) is 49.6 Å². The largest absolute Gasteiger partial charge is 0.495 e. The molecule has 0 heterocycles. The van der Waals surface area contributed by atoms with Crippen LogP contribution in [0.2, 0.25) is 0 Å². The van der Waals surface area contributed by atoms with Crippen molar-refractivity contribution < 1.29 is 14.3 Å². The van der Waals surface area contributed by atoms with Gasteiger partial charge in [0.25, 0.3) is 0 Å². The second kappa shape index (κ2) is 8.52. The van der Waals surface area contributed by atoms with E-state index in [1.165, 1.54) is 6.92 Å². The molecule has 0 bridgehead atoms. The lowest BCUT2D eigenvalue weighted by molar-refractivity contribution is -0.117. The van der Waals surface area contributed by atoms with Crippen LogP contribution in [0.25, 0.3) is 0 Å². The lowest BCUT2D eigenvalue weighted by Gasteiger charge is -2.25. The molecule has 0 spiro atoms. The maximum absolute atomic E-state index is 12.4. The maximum atomic E-state index is 12.4. The van der Waals surface area contributed by atoms with E-state index in [1.807, 2.05) is 57.2 Å². The molecule has 0 unspecified atom stereocenters. The number of carbonyl (C=O) groups is 2. The molecule has 26 heavy (non-hydrogen) atoms. The zero-order valence-corrected chi connectivity index (χ0v) is 16.1. The molecule has 0 aliphatic carbocycles. The predicted octanol–water partition coefficient (Wildman–Crippen LogP) is 4.00. The Morgan fingerprint density at radius 3 is 2.31 bits per heavy atom. The molecule has 0 saturated heterocycles. The Morgan fingerprint density at radius 2 is 1.73 bits per heavy atom. The topological polar surface area (TPSA) is 58.6 Å². The molecule has 5 nitrogen and oxygen atoms in total. The molecule has 0 aliphatic heterocycles. The van der Waals surface area contributed by atoms with Crippen LogP contribution in [0, 0.1) is 20.8 Å². The maximum Gasteiger partial charge on any atom is 0.226 e. The zero-order valence-electron chi connectivity index (χ0n) is 16.1. The van der Waals surface area contributed by atoms with Crippen molar-refractivity contribution in [2.24, 2.45) is 0 Å². The Hall–Kier alpha value is -2.82. The Balaban J connectivity index is 2.12. The summed E-state index contributed by atoms with van der Waals surface area (Å²) in [6.45, 7) is 7.73. The lowest BCUT2D eigenvalue weighted by Crippen LogP contribution is -2.33. The first-order valence-corrected chi connectivity index (χ1v) is 8.62. The first kappa shape index (κ1) is 19.5. The summed E-state index contributed by atoms with van der Waals surface area (Å²) < 4.78 is 5.29. The molecule has 0 fully saturated rings. The second-order valence-electron chi connectivity index (χ2n) is 6.41. The number of hydrogen-bond acceptors (Lipinski definition) is 3. The standard InChI is InChI=1S/C21H26N2O3/c1-14-9-10-19(26-5)18(13-14)22-20(25)11-12-23(17(4)24)21-15(2)7-6-8-16(21)3/h6-10,13H,11-12H2,1-5H3,(H,22,25). The van der Waals surface area contributed by atoms with Crippen LogP contribution in [-0.4, -0.2) is 25.5 Å².